The quantitative estimate of drug-likeness (QED) is 0.0396. The number of halogens is 6. The molecule has 0 aliphatic carbocycles. The standard InChI is InChI=1S/C16H25BN2O3.C12H24B2O4.C10H13BrN2O.C9H10O2.C6H3BrClNO.C6H4BrNO2.C5H3Br2N.C4H11N/c1-7-19(8-2)14(20)13-10-9-12(11-18-13)17-21-15(3,4)16(5,6)22-17;1-9(2)10(3,4)16-13(15-9)14-17-11(5,6)12(7,8)18-14;1-3-13(4-2)10(14)9-6-5-8(11)7-12-9;1-2-8(10)7-5-3-4-6-9(7)11;7-4-1-2-5(6(8)10)9-3-4;7-4-1-2-5(6(9)10)8-3-4;6-4-1-2-5(7)8-3-4;1-3-5-4-2/h9-11H,7-8H2,1-6H3;1-8H3;5-7H,3-4H2,1-2H3;3-6,11H,2H2,1H3;1-3H;1-3H,(H,9,10);1-3H;5H,3-4H2,1-2H3. The number of phenolic OH excluding ortho intramolecular Hbond substituents is 1. The molecule has 21 nitrogen and oxygen atoms in total. The Kier molecular flexibility index (Phi) is 38.1. The Morgan fingerprint density at radius 1 is 0.459 bits per heavy atom. The first-order valence-corrected chi connectivity index (χ1v) is 36.2. The minimum Gasteiger partial charge on any atom is -0.507 e. The molecule has 0 bridgehead atoms. The Balaban J connectivity index is 0.000000393. The number of hydrogen-bond donors (Lipinski definition) is 3. The fourth-order valence-electron chi connectivity index (χ4n) is 8.00. The number of rotatable bonds is 14. The van der Waals surface area contributed by atoms with Crippen molar-refractivity contribution in [1.29, 1.82) is 0 Å². The Bertz CT molecular complexity index is 3280. The fourth-order valence-corrected chi connectivity index (χ4v) is 9.28. The Labute approximate surface area is 627 Å². The third kappa shape index (κ3) is 28.5. The number of nitrogens with zero attached hydrogens (tertiary/aromatic N) is 7. The van der Waals surface area contributed by atoms with E-state index in [1.54, 1.807) is 83.8 Å². The summed E-state index contributed by atoms with van der Waals surface area (Å²) in [5, 5.41) is 20.2. The zero-order valence-corrected chi connectivity index (χ0v) is 68.1. The summed E-state index contributed by atoms with van der Waals surface area (Å²) in [6, 6.07) is 23.9. The minimum absolute atomic E-state index is 0.0116. The lowest BCUT2D eigenvalue weighted by Gasteiger charge is -2.32. The van der Waals surface area contributed by atoms with E-state index in [2.05, 4.69) is 124 Å². The smallest absolute Gasteiger partial charge is 0.496 e. The maximum absolute atomic E-state index is 12.2. The molecule has 5 aromatic heterocycles. The first kappa shape index (κ1) is 89.2. The van der Waals surface area contributed by atoms with Crippen LogP contribution >= 0.6 is 91.3 Å². The average Bonchev–Trinajstić information content (AvgIpc) is 1.59. The van der Waals surface area contributed by atoms with Crippen molar-refractivity contribution >= 4 is 147 Å². The lowest BCUT2D eigenvalue weighted by molar-refractivity contribution is 0.00578. The summed E-state index contributed by atoms with van der Waals surface area (Å²) < 4.78 is 40.2. The molecule has 2 amide bonds. The van der Waals surface area contributed by atoms with Crippen LogP contribution in [0, 0.1) is 0 Å². The number of aromatic carboxylic acids is 1. The summed E-state index contributed by atoms with van der Waals surface area (Å²) in [5.74, 6) is -1.03. The minimum atomic E-state index is -1.01. The van der Waals surface area contributed by atoms with Crippen molar-refractivity contribution in [2.24, 2.45) is 0 Å². The fraction of sp³-hybridized carbons (Fsp3) is 0.471. The zero-order valence-electron chi connectivity index (χ0n) is 59.4. The number of nitrogens with one attached hydrogen (secondary N) is 1. The number of ketones is 1. The van der Waals surface area contributed by atoms with Crippen LogP contribution in [0.4, 0.5) is 0 Å². The van der Waals surface area contributed by atoms with Crippen molar-refractivity contribution in [1.82, 2.24) is 40.0 Å². The van der Waals surface area contributed by atoms with Crippen molar-refractivity contribution < 1.29 is 62.1 Å². The second-order valence-electron chi connectivity index (χ2n) is 24.5. The van der Waals surface area contributed by atoms with E-state index in [9.17, 15) is 29.1 Å². The molecule has 534 valence electrons. The molecule has 3 fully saturated rings. The number of aromatic nitrogens is 5. The zero-order chi connectivity index (χ0) is 74.6. The summed E-state index contributed by atoms with van der Waals surface area (Å²) in [4.78, 5) is 78.9. The number of aromatic hydroxyl groups is 1. The van der Waals surface area contributed by atoms with Gasteiger partial charge in [0.2, 0.25) is 0 Å². The normalized spacial score (nSPS) is 15.8. The number of carboxylic acid groups (broad SMARTS) is 1. The summed E-state index contributed by atoms with van der Waals surface area (Å²) in [6.07, 6.45) is 8.44. The number of pyridine rings is 5. The Morgan fingerprint density at radius 3 is 1.07 bits per heavy atom. The number of carboxylic acids is 1. The second kappa shape index (κ2) is 41.9. The van der Waals surface area contributed by atoms with Crippen LogP contribution in [0.25, 0.3) is 0 Å². The van der Waals surface area contributed by atoms with Crippen LogP contribution in [0.1, 0.15) is 190 Å². The maximum atomic E-state index is 12.2. The summed E-state index contributed by atoms with van der Waals surface area (Å²) in [7, 11) is -1.40. The van der Waals surface area contributed by atoms with Crippen molar-refractivity contribution in [2.75, 3.05) is 39.3 Å². The van der Waals surface area contributed by atoms with Gasteiger partial charge in [0.05, 0.1) is 39.2 Å². The molecule has 3 saturated heterocycles. The van der Waals surface area contributed by atoms with Crippen LogP contribution in [-0.2, 0) is 27.9 Å². The number of phenols is 1. The number of carbonyl (C=O) groups excluding carboxylic acids is 4. The molecule has 3 N–H and O–H groups in total. The monoisotopic (exact) mass is 1690 g/mol. The SMILES string of the molecule is Brc1ccc(Br)nc1.CC1(C)OB(B2OC(C)(C)C(C)(C)O2)OC1(C)C.CCC(=O)c1ccccc1O.CCN(CC)C(=O)c1ccc(B2OC(C)(C)C(C)(C)O2)cn1.CCN(CC)C(=O)c1ccc(Br)cn1.CCNCC.O=C(Cl)c1ccc(Br)cn1.O=C(O)c1ccc(Br)cn1. The molecular formula is C68H93B3Br5ClN8O13. The van der Waals surface area contributed by atoms with E-state index in [1.807, 2.05) is 135 Å². The number of carbonyl (C=O) groups is 5. The molecule has 3 aliphatic heterocycles. The summed E-state index contributed by atoms with van der Waals surface area (Å²) in [6.45, 7) is 43.0. The van der Waals surface area contributed by atoms with Crippen LogP contribution in [0.15, 0.2) is 138 Å². The van der Waals surface area contributed by atoms with Gasteiger partial charge in [0.1, 0.15) is 33.1 Å². The van der Waals surface area contributed by atoms with Crippen molar-refractivity contribution in [3.05, 3.63) is 167 Å². The predicted octanol–water partition coefficient (Wildman–Crippen LogP) is 15.4. The number of benzene rings is 1. The molecule has 98 heavy (non-hydrogen) atoms. The molecular weight excluding hydrogens is 1600 g/mol. The lowest BCUT2D eigenvalue weighted by atomic mass is 9.49. The first-order chi connectivity index (χ1) is 45.6. The molecule has 0 unspecified atom stereocenters. The topological polar surface area (TPSA) is 264 Å². The van der Waals surface area contributed by atoms with E-state index < -0.39 is 32.3 Å². The molecule has 0 atom stereocenters. The van der Waals surface area contributed by atoms with E-state index in [0.717, 1.165) is 41.0 Å². The average molecular weight is 1700 g/mol. The van der Waals surface area contributed by atoms with E-state index in [0.29, 0.717) is 49.6 Å². The molecule has 6 aromatic rings. The van der Waals surface area contributed by atoms with Gasteiger partial charge in [-0.15, -0.1) is 0 Å². The number of amides is 2. The maximum Gasteiger partial charge on any atom is 0.496 e. The van der Waals surface area contributed by atoms with Gasteiger partial charge in [-0.05, 0) is 282 Å². The van der Waals surface area contributed by atoms with Gasteiger partial charge < -0.3 is 53.3 Å². The van der Waals surface area contributed by atoms with Gasteiger partial charge in [-0.3, -0.25) is 29.1 Å². The number of para-hydroxylation sites is 1. The highest BCUT2D eigenvalue weighted by atomic mass is 79.9. The second-order valence-corrected chi connectivity index (χ2v) is 29.3. The van der Waals surface area contributed by atoms with E-state index in [4.69, 9.17) is 44.6 Å². The van der Waals surface area contributed by atoms with E-state index in [1.165, 1.54) is 24.5 Å². The first-order valence-electron chi connectivity index (χ1n) is 31.8. The van der Waals surface area contributed by atoms with Crippen LogP contribution < -0.4 is 10.8 Å². The van der Waals surface area contributed by atoms with Crippen LogP contribution in [-0.4, -0.2) is 168 Å². The van der Waals surface area contributed by atoms with Crippen LogP contribution in [0.2, 0.25) is 0 Å². The van der Waals surface area contributed by atoms with Crippen LogP contribution in [0.3, 0.4) is 0 Å². The van der Waals surface area contributed by atoms with Crippen molar-refractivity contribution in [3.8, 4) is 5.75 Å². The molecule has 9 rings (SSSR count). The molecule has 0 radical (unpaired) electrons. The molecule has 3 aliphatic rings. The Morgan fingerprint density at radius 2 is 0.796 bits per heavy atom. The summed E-state index contributed by atoms with van der Waals surface area (Å²) >= 11 is 21.2. The van der Waals surface area contributed by atoms with Crippen molar-refractivity contribution in [3.63, 3.8) is 0 Å². The Hall–Kier alpha value is -4.88. The predicted molar refractivity (Wildman–Crippen MR) is 406 cm³/mol. The van der Waals surface area contributed by atoms with Gasteiger partial charge in [0.15, 0.2) is 5.78 Å². The highest BCUT2D eigenvalue weighted by molar-refractivity contribution is 9.11. The third-order valence-electron chi connectivity index (χ3n) is 15.9. The highest BCUT2D eigenvalue weighted by Crippen LogP contribution is 2.43. The van der Waals surface area contributed by atoms with Crippen LogP contribution in [0.5, 0.6) is 5.75 Å². The number of hydrogen-bond acceptors (Lipinski definition) is 18. The lowest BCUT2D eigenvalue weighted by Crippen LogP contribution is -2.41. The molecule has 1 aromatic carbocycles. The van der Waals surface area contributed by atoms with Gasteiger partial charge in [-0.2, -0.15) is 0 Å². The summed E-state index contributed by atoms with van der Waals surface area (Å²) in [5.41, 5.74) is 0.310. The van der Waals surface area contributed by atoms with Crippen molar-refractivity contribution in [2.45, 2.75) is 172 Å². The van der Waals surface area contributed by atoms with Gasteiger partial charge >= 0.3 is 27.1 Å². The largest absolute Gasteiger partial charge is 0.507 e. The van der Waals surface area contributed by atoms with Gasteiger partial charge in [0.25, 0.3) is 17.1 Å². The molecule has 30 heteroatoms. The molecule has 0 saturated carbocycles. The van der Waals surface area contributed by atoms with Gasteiger partial charge in [0, 0.05) is 86.9 Å². The van der Waals surface area contributed by atoms with Gasteiger partial charge in [-0.25, -0.2) is 19.7 Å². The molecule has 0 spiro atoms. The number of Topliss-reactive ketones (excluding diaryl/α,β-unsaturated/α-hetero) is 1. The van der Waals surface area contributed by atoms with E-state index in [-0.39, 0.29) is 68.3 Å². The third-order valence-corrected chi connectivity index (χ3v) is 18.5. The van der Waals surface area contributed by atoms with E-state index >= 15 is 0 Å². The highest BCUT2D eigenvalue weighted by Gasteiger charge is 2.64. The molecule has 8 heterocycles. The van der Waals surface area contributed by atoms with Gasteiger partial charge in [-0.1, -0.05) is 39.0 Å².